The number of carbonyl (C=O) groups is 1. The third-order valence-electron chi connectivity index (χ3n) is 2.55. The van der Waals surface area contributed by atoms with E-state index in [-0.39, 0.29) is 5.91 Å². The molecule has 1 amide bonds. The van der Waals surface area contributed by atoms with Gasteiger partial charge in [0.25, 0.3) is 5.91 Å². The number of thiazole rings is 1. The largest absolute Gasteiger partial charge is 0.343 e. The van der Waals surface area contributed by atoms with E-state index >= 15 is 0 Å². The lowest BCUT2D eigenvalue weighted by molar-refractivity contribution is 0.0945. The molecule has 0 aliphatic carbocycles. The van der Waals surface area contributed by atoms with E-state index in [4.69, 9.17) is 0 Å². The molecule has 0 saturated heterocycles. The minimum Gasteiger partial charge on any atom is -0.343 e. The molecule has 0 aliphatic heterocycles. The summed E-state index contributed by atoms with van der Waals surface area (Å²) in [4.78, 5) is 16.1. The van der Waals surface area contributed by atoms with Crippen LogP contribution in [0.4, 0.5) is 0 Å². The Balaban J connectivity index is 2.05. The zero-order valence-corrected chi connectivity index (χ0v) is 12.9. The van der Waals surface area contributed by atoms with Crippen LogP contribution in [0, 0.1) is 6.92 Å². The van der Waals surface area contributed by atoms with Crippen LogP contribution in [-0.4, -0.2) is 31.9 Å². The lowest BCUT2D eigenvalue weighted by atomic mass is 10.4. The van der Waals surface area contributed by atoms with Gasteiger partial charge in [0, 0.05) is 11.9 Å². The van der Waals surface area contributed by atoms with Crippen molar-refractivity contribution in [1.29, 1.82) is 0 Å². The average molecular weight is 309 g/mol. The van der Waals surface area contributed by atoms with Gasteiger partial charge < -0.3 is 9.88 Å². The van der Waals surface area contributed by atoms with Crippen LogP contribution >= 0.6 is 23.1 Å². The smallest absolute Gasteiger partial charge is 0.271 e. The quantitative estimate of drug-likeness (QED) is 0.651. The minimum absolute atomic E-state index is 0.201. The van der Waals surface area contributed by atoms with Crippen LogP contribution in [0.5, 0.6) is 0 Å². The maximum absolute atomic E-state index is 11.9. The van der Waals surface area contributed by atoms with E-state index in [2.05, 4.69) is 27.1 Å². The number of aryl methyl sites for hydroxylation is 1. The molecule has 0 aliphatic rings. The molecule has 0 fully saturated rings. The third kappa shape index (κ3) is 3.26. The van der Waals surface area contributed by atoms with Crippen LogP contribution in [0.2, 0.25) is 0 Å². The van der Waals surface area contributed by atoms with Gasteiger partial charge in [-0.3, -0.25) is 4.79 Å². The number of thioether (sulfide) groups is 1. The van der Waals surface area contributed by atoms with Crippen molar-refractivity contribution in [3.8, 4) is 0 Å². The van der Waals surface area contributed by atoms with Gasteiger partial charge >= 0.3 is 0 Å². The molecule has 0 spiro atoms. The summed E-state index contributed by atoms with van der Waals surface area (Å²) < 4.78 is 1.92. The first-order chi connectivity index (χ1) is 9.65. The predicted molar refractivity (Wildman–Crippen MR) is 80.0 cm³/mol. The van der Waals surface area contributed by atoms with Crippen molar-refractivity contribution in [2.75, 3.05) is 6.26 Å². The van der Waals surface area contributed by atoms with Crippen LogP contribution in [0.25, 0.3) is 0 Å². The molecule has 0 saturated carbocycles. The molecular weight excluding hydrogens is 294 g/mol. The SMILES string of the molecule is C=CCn1c(CNC(=O)c2csc(C)n2)nnc1SC. The Morgan fingerprint density at radius 1 is 1.60 bits per heavy atom. The maximum Gasteiger partial charge on any atom is 0.271 e. The van der Waals surface area contributed by atoms with Crippen LogP contribution in [-0.2, 0) is 13.1 Å². The van der Waals surface area contributed by atoms with Crippen molar-refractivity contribution in [2.45, 2.75) is 25.2 Å². The van der Waals surface area contributed by atoms with Gasteiger partial charge in [0.2, 0.25) is 0 Å². The number of allylic oxidation sites excluding steroid dienone is 1. The van der Waals surface area contributed by atoms with Crippen molar-refractivity contribution < 1.29 is 4.79 Å². The minimum atomic E-state index is -0.201. The Morgan fingerprint density at radius 3 is 3.00 bits per heavy atom. The second kappa shape index (κ2) is 6.67. The Hall–Kier alpha value is -1.67. The molecule has 0 unspecified atom stereocenters. The average Bonchev–Trinajstić information content (AvgIpc) is 3.03. The first kappa shape index (κ1) is 14.7. The Labute approximate surface area is 125 Å². The fourth-order valence-electron chi connectivity index (χ4n) is 1.63. The number of carbonyl (C=O) groups excluding carboxylic acids is 1. The summed E-state index contributed by atoms with van der Waals surface area (Å²) in [7, 11) is 0. The summed E-state index contributed by atoms with van der Waals surface area (Å²) in [5.74, 6) is 0.503. The van der Waals surface area contributed by atoms with E-state index in [0.717, 1.165) is 10.2 Å². The molecule has 6 nitrogen and oxygen atoms in total. The van der Waals surface area contributed by atoms with Crippen molar-refractivity contribution in [3.05, 3.63) is 34.6 Å². The van der Waals surface area contributed by atoms with Crippen molar-refractivity contribution in [3.63, 3.8) is 0 Å². The molecule has 1 N–H and O–H groups in total. The fourth-order valence-corrected chi connectivity index (χ4v) is 2.75. The van der Waals surface area contributed by atoms with Gasteiger partial charge in [0.1, 0.15) is 5.69 Å². The standard InChI is InChI=1S/C12H15N5OS2/c1-4-5-17-10(15-16-12(17)19-3)6-13-11(18)9-7-20-8(2)14-9/h4,7H,1,5-6H2,2-3H3,(H,13,18). The first-order valence-corrected chi connectivity index (χ1v) is 8.03. The van der Waals surface area contributed by atoms with Gasteiger partial charge in [0.05, 0.1) is 11.6 Å². The van der Waals surface area contributed by atoms with Gasteiger partial charge in [-0.05, 0) is 13.2 Å². The van der Waals surface area contributed by atoms with E-state index in [9.17, 15) is 4.79 Å². The number of amides is 1. The highest BCUT2D eigenvalue weighted by Gasteiger charge is 2.13. The third-order valence-corrected chi connectivity index (χ3v) is 3.99. The van der Waals surface area contributed by atoms with Gasteiger partial charge in [-0.1, -0.05) is 17.8 Å². The number of hydrogen-bond acceptors (Lipinski definition) is 6. The number of nitrogens with zero attached hydrogens (tertiary/aromatic N) is 4. The fraction of sp³-hybridized carbons (Fsp3) is 0.333. The first-order valence-electron chi connectivity index (χ1n) is 5.93. The summed E-state index contributed by atoms with van der Waals surface area (Å²) in [6, 6.07) is 0. The molecule has 0 atom stereocenters. The Morgan fingerprint density at radius 2 is 2.40 bits per heavy atom. The van der Waals surface area contributed by atoms with E-state index < -0.39 is 0 Å². The lowest BCUT2D eigenvalue weighted by Crippen LogP contribution is -2.25. The summed E-state index contributed by atoms with van der Waals surface area (Å²) in [6.45, 7) is 6.52. The number of rotatable bonds is 6. The van der Waals surface area contributed by atoms with Gasteiger partial charge in [-0.25, -0.2) is 4.98 Å². The highest BCUT2D eigenvalue weighted by Crippen LogP contribution is 2.14. The van der Waals surface area contributed by atoms with Gasteiger partial charge in [-0.15, -0.1) is 28.1 Å². The second-order valence-corrected chi connectivity index (χ2v) is 5.77. The van der Waals surface area contributed by atoms with Crippen LogP contribution in [0.15, 0.2) is 23.2 Å². The predicted octanol–water partition coefficient (Wildman–Crippen LogP) is 1.88. The van der Waals surface area contributed by atoms with E-state index in [1.807, 2.05) is 17.7 Å². The molecule has 2 rings (SSSR count). The number of hydrogen-bond donors (Lipinski definition) is 1. The van der Waals surface area contributed by atoms with E-state index in [1.54, 1.807) is 11.5 Å². The maximum atomic E-state index is 11.9. The molecule has 8 heteroatoms. The van der Waals surface area contributed by atoms with E-state index in [0.29, 0.717) is 24.6 Å². The van der Waals surface area contributed by atoms with Crippen LogP contribution in [0.3, 0.4) is 0 Å². The highest BCUT2D eigenvalue weighted by atomic mass is 32.2. The van der Waals surface area contributed by atoms with Crippen LogP contribution < -0.4 is 5.32 Å². The zero-order valence-electron chi connectivity index (χ0n) is 11.3. The van der Waals surface area contributed by atoms with Crippen LogP contribution in [0.1, 0.15) is 21.3 Å². The topological polar surface area (TPSA) is 72.7 Å². The zero-order chi connectivity index (χ0) is 14.5. The van der Waals surface area contributed by atoms with Crippen molar-refractivity contribution in [1.82, 2.24) is 25.1 Å². The summed E-state index contributed by atoms with van der Waals surface area (Å²) in [5, 5.41) is 14.4. The molecule has 20 heavy (non-hydrogen) atoms. The second-order valence-electron chi connectivity index (χ2n) is 3.94. The van der Waals surface area contributed by atoms with Crippen molar-refractivity contribution in [2.24, 2.45) is 0 Å². The lowest BCUT2D eigenvalue weighted by Gasteiger charge is -2.06. The molecule has 2 aromatic rings. The number of aromatic nitrogens is 4. The highest BCUT2D eigenvalue weighted by molar-refractivity contribution is 7.98. The molecule has 0 radical (unpaired) electrons. The van der Waals surface area contributed by atoms with Gasteiger partial charge in [0.15, 0.2) is 11.0 Å². The summed E-state index contributed by atoms with van der Waals surface area (Å²) in [5.41, 5.74) is 0.437. The monoisotopic (exact) mass is 309 g/mol. The van der Waals surface area contributed by atoms with Gasteiger partial charge in [-0.2, -0.15) is 0 Å². The van der Waals surface area contributed by atoms with E-state index in [1.165, 1.54) is 23.1 Å². The molecule has 2 heterocycles. The molecule has 0 bridgehead atoms. The normalized spacial score (nSPS) is 10.5. The molecule has 106 valence electrons. The molecular formula is C12H15N5OS2. The number of nitrogens with one attached hydrogen (secondary N) is 1. The Kier molecular flexibility index (Phi) is 4.91. The molecule has 2 aromatic heterocycles. The summed E-state index contributed by atoms with van der Waals surface area (Å²) in [6.07, 6.45) is 3.71. The summed E-state index contributed by atoms with van der Waals surface area (Å²) >= 11 is 2.96. The van der Waals surface area contributed by atoms with Crippen molar-refractivity contribution >= 4 is 29.0 Å². The Bertz CT molecular complexity index is 619. The molecule has 0 aromatic carbocycles.